The summed E-state index contributed by atoms with van der Waals surface area (Å²) in [6.45, 7) is 11.1. The molecule has 0 fully saturated rings. The van der Waals surface area contributed by atoms with Crippen LogP contribution in [0.25, 0.3) is 0 Å². The highest BCUT2D eigenvalue weighted by molar-refractivity contribution is 6.17. The van der Waals surface area contributed by atoms with Crippen LogP contribution in [0.15, 0.2) is 30.3 Å². The predicted molar refractivity (Wildman–Crippen MR) is 119 cm³/mol. The van der Waals surface area contributed by atoms with E-state index in [-0.39, 0.29) is 5.91 Å². The third kappa shape index (κ3) is 4.16. The van der Waals surface area contributed by atoms with Gasteiger partial charge in [-0.2, -0.15) is 0 Å². The zero-order valence-corrected chi connectivity index (χ0v) is 18.4. The van der Waals surface area contributed by atoms with Crippen LogP contribution in [0.2, 0.25) is 0 Å². The van der Waals surface area contributed by atoms with Gasteiger partial charge in [-0.05, 0) is 57.1 Å². The van der Waals surface area contributed by atoms with E-state index in [1.807, 2.05) is 44.2 Å². The van der Waals surface area contributed by atoms with Gasteiger partial charge in [0.1, 0.15) is 0 Å². The number of nitrogens with zero attached hydrogens (tertiary/aromatic N) is 4. The van der Waals surface area contributed by atoms with Crippen molar-refractivity contribution in [2.75, 3.05) is 43.1 Å². The molecule has 2 aromatic rings. The van der Waals surface area contributed by atoms with Crippen LogP contribution in [0, 0.1) is 13.8 Å². The van der Waals surface area contributed by atoms with E-state index in [0.29, 0.717) is 29.4 Å². The Morgan fingerprint density at radius 2 is 1.80 bits per heavy atom. The van der Waals surface area contributed by atoms with Gasteiger partial charge < -0.3 is 14.5 Å². The molecule has 0 saturated heterocycles. The van der Waals surface area contributed by atoms with Crippen molar-refractivity contribution in [3.05, 3.63) is 47.2 Å². The summed E-state index contributed by atoms with van der Waals surface area (Å²) < 4.78 is 5.63. The number of aryl methyl sites for hydroxylation is 2. The minimum atomic E-state index is -0.524. The molecule has 0 unspecified atom stereocenters. The quantitative estimate of drug-likeness (QED) is 0.665. The second kappa shape index (κ2) is 9.26. The Balaban J connectivity index is 1.97. The number of anilines is 3. The molecule has 3 rings (SSSR count). The lowest BCUT2D eigenvalue weighted by molar-refractivity contribution is 0.0993. The Morgan fingerprint density at radius 3 is 2.47 bits per heavy atom. The highest BCUT2D eigenvalue weighted by Gasteiger charge is 2.35. The molecule has 0 spiro atoms. The van der Waals surface area contributed by atoms with E-state index in [1.165, 1.54) is 4.90 Å². The molecule has 30 heavy (non-hydrogen) atoms. The second-order valence-electron chi connectivity index (χ2n) is 7.46. The lowest BCUT2D eigenvalue weighted by atomic mass is 10.1. The molecular weight excluding hydrogens is 380 g/mol. The summed E-state index contributed by atoms with van der Waals surface area (Å²) in [4.78, 5) is 36.3. The van der Waals surface area contributed by atoms with Crippen molar-refractivity contribution in [3.63, 3.8) is 0 Å². The maximum absolute atomic E-state index is 13.2. The van der Waals surface area contributed by atoms with E-state index >= 15 is 0 Å². The van der Waals surface area contributed by atoms with E-state index < -0.39 is 6.09 Å². The minimum absolute atomic E-state index is 0.195. The molecule has 0 bridgehead atoms. The van der Waals surface area contributed by atoms with Crippen molar-refractivity contribution in [2.24, 2.45) is 0 Å². The number of hydrogen-bond acceptors (Lipinski definition) is 5. The molecule has 0 atom stereocenters. The average molecular weight is 411 g/mol. The number of rotatable bonds is 6. The number of fused-ring (bicyclic) bond motifs is 2. The molecule has 1 aliphatic heterocycles. The molecule has 0 N–H and O–H groups in total. The monoisotopic (exact) mass is 410 g/mol. The number of pyridine rings is 1. The first-order valence-electron chi connectivity index (χ1n) is 10.4. The molecule has 1 aliphatic rings. The van der Waals surface area contributed by atoms with Gasteiger partial charge in [-0.25, -0.2) is 14.7 Å². The van der Waals surface area contributed by atoms with Crippen LogP contribution in [0.3, 0.4) is 0 Å². The molecule has 7 nitrogen and oxygen atoms in total. The van der Waals surface area contributed by atoms with Crippen LogP contribution in [0.5, 0.6) is 0 Å². The predicted octanol–water partition coefficient (Wildman–Crippen LogP) is 4.30. The standard InChI is InChI=1S/C23H30N4O3/c1-6-26(7-2)13-10-14-30-23(29)27-19-12-9-8-11-18(19)25(5)22(28)20-16(3)15-17(4)24-21(20)27/h8-9,11-12,15H,6-7,10,13-14H2,1-5H3. The van der Waals surface area contributed by atoms with Crippen LogP contribution in [0.4, 0.5) is 22.0 Å². The molecular formula is C23H30N4O3. The van der Waals surface area contributed by atoms with Crippen LogP contribution in [-0.2, 0) is 4.74 Å². The number of para-hydroxylation sites is 2. The summed E-state index contributed by atoms with van der Waals surface area (Å²) in [6, 6.07) is 9.17. The molecule has 2 amide bonds. The van der Waals surface area contributed by atoms with Crippen molar-refractivity contribution in [3.8, 4) is 0 Å². The lowest BCUT2D eigenvalue weighted by Gasteiger charge is -2.24. The summed E-state index contributed by atoms with van der Waals surface area (Å²) in [5.41, 5.74) is 3.15. The highest BCUT2D eigenvalue weighted by atomic mass is 16.6. The van der Waals surface area contributed by atoms with Crippen molar-refractivity contribution >= 4 is 29.2 Å². The van der Waals surface area contributed by atoms with Gasteiger partial charge in [0.15, 0.2) is 5.82 Å². The fourth-order valence-electron chi connectivity index (χ4n) is 3.81. The molecule has 7 heteroatoms. The van der Waals surface area contributed by atoms with Gasteiger partial charge in [0, 0.05) is 19.3 Å². The molecule has 0 radical (unpaired) electrons. The molecule has 0 aliphatic carbocycles. The van der Waals surface area contributed by atoms with Gasteiger partial charge in [0.25, 0.3) is 5.91 Å². The van der Waals surface area contributed by atoms with E-state index in [0.717, 1.165) is 37.3 Å². The molecule has 1 aromatic carbocycles. The van der Waals surface area contributed by atoms with Gasteiger partial charge in [-0.3, -0.25) is 4.79 Å². The zero-order valence-electron chi connectivity index (χ0n) is 18.4. The first-order chi connectivity index (χ1) is 14.4. The smallest absolute Gasteiger partial charge is 0.420 e. The largest absolute Gasteiger partial charge is 0.449 e. The van der Waals surface area contributed by atoms with Gasteiger partial charge in [-0.15, -0.1) is 0 Å². The van der Waals surface area contributed by atoms with E-state index in [2.05, 4.69) is 23.7 Å². The molecule has 160 valence electrons. The zero-order chi connectivity index (χ0) is 21.8. The fraction of sp³-hybridized carbons (Fsp3) is 0.435. The van der Waals surface area contributed by atoms with Crippen molar-refractivity contribution in [1.82, 2.24) is 9.88 Å². The number of aromatic nitrogens is 1. The SMILES string of the molecule is CCN(CC)CCCOC(=O)N1c2ccccc2N(C)C(=O)c2c(C)cc(C)nc21. The maximum atomic E-state index is 13.2. The topological polar surface area (TPSA) is 66.0 Å². The Labute approximate surface area is 178 Å². The number of carbonyl (C=O) groups excluding carboxylic acids is 2. The van der Waals surface area contributed by atoms with Crippen LogP contribution < -0.4 is 9.80 Å². The first-order valence-corrected chi connectivity index (χ1v) is 10.4. The van der Waals surface area contributed by atoms with Crippen LogP contribution in [0.1, 0.15) is 41.9 Å². The van der Waals surface area contributed by atoms with Crippen molar-refractivity contribution in [1.29, 1.82) is 0 Å². The number of hydrogen-bond donors (Lipinski definition) is 0. The highest BCUT2D eigenvalue weighted by Crippen LogP contribution is 2.40. The molecule has 1 aromatic heterocycles. The Morgan fingerprint density at radius 1 is 1.13 bits per heavy atom. The van der Waals surface area contributed by atoms with E-state index in [9.17, 15) is 9.59 Å². The van der Waals surface area contributed by atoms with Gasteiger partial charge >= 0.3 is 6.09 Å². The summed E-state index contributed by atoms with van der Waals surface area (Å²) in [6.07, 6.45) is 0.221. The van der Waals surface area contributed by atoms with Crippen molar-refractivity contribution < 1.29 is 14.3 Å². The summed E-state index contributed by atoms with van der Waals surface area (Å²) in [5, 5.41) is 0. The van der Waals surface area contributed by atoms with Gasteiger partial charge in [0.05, 0.1) is 23.5 Å². The van der Waals surface area contributed by atoms with E-state index in [1.54, 1.807) is 11.9 Å². The Kier molecular flexibility index (Phi) is 6.72. The van der Waals surface area contributed by atoms with E-state index in [4.69, 9.17) is 4.74 Å². The lowest BCUT2D eigenvalue weighted by Crippen LogP contribution is -2.30. The third-order valence-corrected chi connectivity index (χ3v) is 5.46. The second-order valence-corrected chi connectivity index (χ2v) is 7.46. The van der Waals surface area contributed by atoms with Crippen LogP contribution >= 0.6 is 0 Å². The molecule has 2 heterocycles. The van der Waals surface area contributed by atoms with Crippen molar-refractivity contribution in [2.45, 2.75) is 34.1 Å². The van der Waals surface area contributed by atoms with Crippen LogP contribution in [-0.4, -0.2) is 55.2 Å². The normalized spacial score (nSPS) is 13.2. The third-order valence-electron chi connectivity index (χ3n) is 5.46. The van der Waals surface area contributed by atoms with Gasteiger partial charge in [-0.1, -0.05) is 26.0 Å². The Hall–Kier alpha value is -2.93. The maximum Gasteiger partial charge on any atom is 0.420 e. The molecule has 0 saturated carbocycles. The fourth-order valence-corrected chi connectivity index (χ4v) is 3.81. The Bertz CT molecular complexity index is 940. The minimum Gasteiger partial charge on any atom is -0.449 e. The number of carbonyl (C=O) groups is 2. The first kappa shape index (κ1) is 21.8. The number of benzene rings is 1. The summed E-state index contributed by atoms with van der Waals surface area (Å²) in [7, 11) is 1.71. The number of ether oxygens (including phenoxy) is 1. The average Bonchev–Trinajstić information content (AvgIpc) is 2.81. The number of amides is 2. The van der Waals surface area contributed by atoms with Gasteiger partial charge in [0.2, 0.25) is 0 Å². The summed E-state index contributed by atoms with van der Waals surface area (Å²) >= 11 is 0. The summed E-state index contributed by atoms with van der Waals surface area (Å²) in [5.74, 6) is 0.127.